The molecule has 0 heterocycles. The Morgan fingerprint density at radius 3 is 2.06 bits per heavy atom. The Morgan fingerprint density at radius 1 is 0.882 bits per heavy atom. The van der Waals surface area contributed by atoms with Crippen molar-refractivity contribution in [2.75, 3.05) is 14.1 Å². The first-order valence-corrected chi connectivity index (χ1v) is 5.22. The Bertz CT molecular complexity index is 544. The van der Waals surface area contributed by atoms with Gasteiger partial charge in [-0.3, -0.25) is 0 Å². The molecule has 0 radical (unpaired) electrons. The van der Waals surface area contributed by atoms with Crippen molar-refractivity contribution in [2.45, 2.75) is 6.30 Å². The van der Waals surface area contributed by atoms with Crippen LogP contribution in [0.1, 0.15) is 0 Å². The third kappa shape index (κ3) is 2.00. The molecule has 0 saturated carbocycles. The molecule has 4 heteroatoms. The Labute approximate surface area is 97.7 Å². The van der Waals surface area contributed by atoms with Gasteiger partial charge in [0.15, 0.2) is 0 Å². The molecule has 90 valence electrons. The molecule has 0 aromatic heterocycles. The molecule has 0 saturated heterocycles. The maximum absolute atomic E-state index is 12.9. The molecule has 0 amide bonds. The van der Waals surface area contributed by atoms with Gasteiger partial charge in [0.1, 0.15) is 5.69 Å². The zero-order chi connectivity index (χ0) is 12.7. The van der Waals surface area contributed by atoms with Gasteiger partial charge in [-0.1, -0.05) is 24.3 Å². The van der Waals surface area contributed by atoms with E-state index in [-0.39, 0.29) is 5.69 Å². The van der Waals surface area contributed by atoms with E-state index in [9.17, 15) is 13.2 Å². The molecule has 2 rings (SSSR count). The monoisotopic (exact) mass is 240 g/mol. The van der Waals surface area contributed by atoms with Crippen LogP contribution < -0.4 is 4.48 Å². The predicted octanol–water partition coefficient (Wildman–Crippen LogP) is 3.93. The number of benzene rings is 2. The number of halogens is 3. The second-order valence-corrected chi connectivity index (χ2v) is 4.45. The first kappa shape index (κ1) is 11.9. The van der Waals surface area contributed by atoms with E-state index in [4.69, 9.17) is 0 Å². The van der Waals surface area contributed by atoms with E-state index in [0.717, 1.165) is 24.9 Å². The summed E-state index contributed by atoms with van der Waals surface area (Å²) in [6.45, 7) is 0. The minimum absolute atomic E-state index is 0.233. The molecule has 0 fully saturated rings. The van der Waals surface area contributed by atoms with E-state index < -0.39 is 10.8 Å². The van der Waals surface area contributed by atoms with Crippen molar-refractivity contribution < 1.29 is 13.2 Å². The Morgan fingerprint density at radius 2 is 1.47 bits per heavy atom. The average Bonchev–Trinajstić information content (AvgIpc) is 2.27. The van der Waals surface area contributed by atoms with E-state index in [1.807, 2.05) is 24.3 Å². The lowest BCUT2D eigenvalue weighted by Crippen LogP contribution is -2.52. The van der Waals surface area contributed by atoms with Crippen molar-refractivity contribution >= 4 is 16.5 Å². The topological polar surface area (TPSA) is 0 Å². The van der Waals surface area contributed by atoms with Gasteiger partial charge in [-0.25, -0.2) is 4.48 Å². The van der Waals surface area contributed by atoms with Crippen molar-refractivity contribution in [2.24, 2.45) is 0 Å². The summed E-state index contributed by atoms with van der Waals surface area (Å²) < 4.78 is 37.6. The van der Waals surface area contributed by atoms with Crippen LogP contribution in [0, 0.1) is 0 Å². The number of hydrogen-bond donors (Lipinski definition) is 0. The maximum Gasteiger partial charge on any atom is 0.565 e. The van der Waals surface area contributed by atoms with Crippen molar-refractivity contribution in [3.8, 4) is 0 Å². The molecule has 0 atom stereocenters. The fourth-order valence-electron chi connectivity index (χ4n) is 1.67. The molecule has 0 aliphatic heterocycles. The van der Waals surface area contributed by atoms with Crippen LogP contribution in [0.4, 0.5) is 18.9 Å². The lowest BCUT2D eigenvalue weighted by atomic mass is 10.1. The summed E-state index contributed by atoms with van der Waals surface area (Å²) in [5, 5.41) is 1.76. The van der Waals surface area contributed by atoms with Crippen LogP contribution in [0.25, 0.3) is 10.8 Å². The standard InChI is InChI=1S/C13H13F3N/c1-17(2,13(14,15)16)12-8-7-10-5-3-4-6-11(10)9-12/h3-9H,1-2H3/q+1. The third-order valence-electron chi connectivity index (χ3n) is 3.01. The quantitative estimate of drug-likeness (QED) is 0.523. The fraction of sp³-hybridized carbons (Fsp3) is 0.231. The first-order chi connectivity index (χ1) is 7.82. The van der Waals surface area contributed by atoms with E-state index in [1.54, 1.807) is 12.1 Å². The molecule has 17 heavy (non-hydrogen) atoms. The molecule has 0 aliphatic carbocycles. The number of alkyl halides is 3. The molecule has 2 aromatic carbocycles. The lowest BCUT2D eigenvalue weighted by Gasteiger charge is -2.30. The van der Waals surface area contributed by atoms with Gasteiger partial charge in [-0.2, -0.15) is 0 Å². The highest BCUT2D eigenvalue weighted by Gasteiger charge is 2.50. The van der Waals surface area contributed by atoms with Crippen molar-refractivity contribution in [3.63, 3.8) is 0 Å². The Kier molecular flexibility index (Phi) is 2.62. The number of nitrogens with zero attached hydrogens (tertiary/aromatic N) is 1. The third-order valence-corrected chi connectivity index (χ3v) is 3.01. The molecule has 0 bridgehead atoms. The number of quaternary nitrogens is 1. The minimum atomic E-state index is -4.30. The maximum atomic E-state index is 12.9. The normalized spacial score (nSPS) is 13.0. The van der Waals surface area contributed by atoms with Gasteiger partial charge in [0.05, 0.1) is 14.1 Å². The van der Waals surface area contributed by atoms with Gasteiger partial charge in [-0.15, -0.1) is 13.2 Å². The molecular formula is C13H13F3N+. The van der Waals surface area contributed by atoms with Gasteiger partial charge >= 0.3 is 6.30 Å². The molecular weight excluding hydrogens is 227 g/mol. The van der Waals surface area contributed by atoms with Gasteiger partial charge < -0.3 is 0 Å². The van der Waals surface area contributed by atoms with Gasteiger partial charge in [0.2, 0.25) is 0 Å². The van der Waals surface area contributed by atoms with Gasteiger partial charge in [-0.05, 0) is 16.8 Å². The number of fused-ring (bicyclic) bond motifs is 1. The van der Waals surface area contributed by atoms with Crippen molar-refractivity contribution in [3.05, 3.63) is 42.5 Å². The van der Waals surface area contributed by atoms with Crippen molar-refractivity contribution in [1.29, 1.82) is 0 Å². The Balaban J connectivity index is 2.57. The van der Waals surface area contributed by atoms with Crippen LogP contribution in [0.5, 0.6) is 0 Å². The number of hydrogen-bond acceptors (Lipinski definition) is 0. The largest absolute Gasteiger partial charge is 0.565 e. The van der Waals surface area contributed by atoms with E-state index >= 15 is 0 Å². The number of rotatable bonds is 1. The zero-order valence-electron chi connectivity index (χ0n) is 9.62. The second-order valence-electron chi connectivity index (χ2n) is 4.45. The van der Waals surface area contributed by atoms with Crippen LogP contribution in [0.2, 0.25) is 0 Å². The molecule has 0 N–H and O–H groups in total. The van der Waals surface area contributed by atoms with Crippen LogP contribution in [0.15, 0.2) is 42.5 Å². The highest BCUT2D eigenvalue weighted by molar-refractivity contribution is 5.85. The smallest absolute Gasteiger partial charge is 0.204 e. The van der Waals surface area contributed by atoms with Gasteiger partial charge in [0.25, 0.3) is 0 Å². The van der Waals surface area contributed by atoms with Crippen LogP contribution in [-0.2, 0) is 0 Å². The summed E-state index contributed by atoms with van der Waals surface area (Å²) in [4.78, 5) is 0. The summed E-state index contributed by atoms with van der Waals surface area (Å²) in [5.41, 5.74) is 0.233. The van der Waals surface area contributed by atoms with Gasteiger partial charge in [0, 0.05) is 12.1 Å². The lowest BCUT2D eigenvalue weighted by molar-refractivity contribution is -0.221. The van der Waals surface area contributed by atoms with E-state index in [2.05, 4.69) is 0 Å². The molecule has 0 unspecified atom stereocenters. The minimum Gasteiger partial charge on any atom is -0.204 e. The highest BCUT2D eigenvalue weighted by Crippen LogP contribution is 2.34. The van der Waals surface area contributed by atoms with E-state index in [1.165, 1.54) is 6.07 Å². The van der Waals surface area contributed by atoms with Crippen LogP contribution in [0.3, 0.4) is 0 Å². The predicted molar refractivity (Wildman–Crippen MR) is 63.6 cm³/mol. The fourth-order valence-corrected chi connectivity index (χ4v) is 1.67. The van der Waals surface area contributed by atoms with Crippen LogP contribution in [-0.4, -0.2) is 20.4 Å². The van der Waals surface area contributed by atoms with E-state index in [0.29, 0.717) is 0 Å². The summed E-state index contributed by atoms with van der Waals surface area (Å²) in [6.07, 6.45) is -4.30. The first-order valence-electron chi connectivity index (χ1n) is 5.22. The zero-order valence-corrected chi connectivity index (χ0v) is 9.62. The highest BCUT2D eigenvalue weighted by atomic mass is 19.4. The molecule has 2 aromatic rings. The van der Waals surface area contributed by atoms with Crippen molar-refractivity contribution in [1.82, 2.24) is 4.48 Å². The SMILES string of the molecule is C[N+](C)(c1ccc2ccccc2c1)C(F)(F)F. The van der Waals surface area contributed by atoms with Crippen LogP contribution >= 0.6 is 0 Å². The summed E-state index contributed by atoms with van der Waals surface area (Å²) in [6, 6.07) is 12.2. The molecule has 0 aliphatic rings. The summed E-state index contributed by atoms with van der Waals surface area (Å²) >= 11 is 0. The molecule has 0 spiro atoms. The summed E-state index contributed by atoms with van der Waals surface area (Å²) in [5.74, 6) is 0. The summed E-state index contributed by atoms with van der Waals surface area (Å²) in [7, 11) is 2.29. The molecule has 1 nitrogen and oxygen atoms in total. The second kappa shape index (κ2) is 3.74. The average molecular weight is 240 g/mol. The Hall–Kier alpha value is -1.55.